The number of hydrazone groups is 1. The van der Waals surface area contributed by atoms with Gasteiger partial charge in [0.1, 0.15) is 5.75 Å². The largest absolute Gasteiger partial charge is 0.482 e. The zero-order valence-corrected chi connectivity index (χ0v) is 11.2. The molecular weight excluding hydrogens is 278 g/mol. The van der Waals surface area contributed by atoms with Gasteiger partial charge in [-0.15, -0.1) is 0 Å². The summed E-state index contributed by atoms with van der Waals surface area (Å²) in [6, 6.07) is 10.5. The monoisotopic (exact) mass is 289 g/mol. The van der Waals surface area contributed by atoms with Crippen LogP contribution in [0.15, 0.2) is 53.9 Å². The van der Waals surface area contributed by atoms with Crippen LogP contribution < -0.4 is 10.2 Å². The Morgan fingerprint density at radius 1 is 1.30 bits per heavy atom. The molecule has 5 nitrogen and oxygen atoms in total. The second-order valence-electron chi connectivity index (χ2n) is 3.79. The molecule has 0 radical (unpaired) electrons. The lowest BCUT2D eigenvalue weighted by Crippen LogP contribution is -2.24. The predicted octanol–water partition coefficient (Wildman–Crippen LogP) is 2.26. The van der Waals surface area contributed by atoms with E-state index in [2.05, 4.69) is 15.5 Å². The van der Waals surface area contributed by atoms with E-state index in [1.807, 2.05) is 0 Å². The summed E-state index contributed by atoms with van der Waals surface area (Å²) in [5.74, 6) is 0.0951. The minimum Gasteiger partial charge on any atom is -0.482 e. The van der Waals surface area contributed by atoms with Crippen molar-refractivity contribution in [1.29, 1.82) is 0 Å². The van der Waals surface area contributed by atoms with Gasteiger partial charge in [0.15, 0.2) is 6.61 Å². The third kappa shape index (κ3) is 4.37. The summed E-state index contributed by atoms with van der Waals surface area (Å²) < 4.78 is 5.27. The summed E-state index contributed by atoms with van der Waals surface area (Å²) in [4.78, 5) is 15.4. The average Bonchev–Trinajstić information content (AvgIpc) is 2.47. The molecule has 102 valence electrons. The topological polar surface area (TPSA) is 63.6 Å². The van der Waals surface area contributed by atoms with Gasteiger partial charge in [0.2, 0.25) is 0 Å². The molecule has 0 aliphatic rings. The Kier molecular flexibility index (Phi) is 5.08. The van der Waals surface area contributed by atoms with Crippen molar-refractivity contribution < 1.29 is 9.53 Å². The molecule has 0 aliphatic carbocycles. The normalized spacial score (nSPS) is 10.4. The molecule has 1 heterocycles. The molecule has 2 aromatic rings. The van der Waals surface area contributed by atoms with Gasteiger partial charge in [0.25, 0.3) is 5.91 Å². The molecule has 0 fully saturated rings. The lowest BCUT2D eigenvalue weighted by atomic mass is 10.3. The Labute approximate surface area is 121 Å². The standard InChI is InChI=1S/C14H12ClN3O2/c15-12-3-1-2-4-13(12)20-10-14(19)18-17-9-11-5-7-16-8-6-11/h1-9H,10H2,(H,18,19)/b17-9+. The first-order chi connectivity index (χ1) is 9.75. The number of nitrogens with one attached hydrogen (secondary N) is 1. The second-order valence-corrected chi connectivity index (χ2v) is 4.20. The third-order valence-corrected chi connectivity index (χ3v) is 2.62. The van der Waals surface area contributed by atoms with Crippen LogP contribution in [0, 0.1) is 0 Å². The quantitative estimate of drug-likeness (QED) is 0.678. The molecule has 0 spiro atoms. The van der Waals surface area contributed by atoms with Crippen LogP contribution in [0.2, 0.25) is 5.02 Å². The van der Waals surface area contributed by atoms with Crippen LogP contribution in [0.5, 0.6) is 5.75 Å². The van der Waals surface area contributed by atoms with Crippen LogP contribution in [0.3, 0.4) is 0 Å². The van der Waals surface area contributed by atoms with Gasteiger partial charge in [-0.1, -0.05) is 23.7 Å². The number of pyridine rings is 1. The molecule has 2 rings (SSSR count). The summed E-state index contributed by atoms with van der Waals surface area (Å²) in [6.07, 6.45) is 4.81. The number of hydrogen-bond donors (Lipinski definition) is 1. The molecule has 6 heteroatoms. The van der Waals surface area contributed by atoms with E-state index >= 15 is 0 Å². The fourth-order valence-corrected chi connectivity index (χ4v) is 1.56. The van der Waals surface area contributed by atoms with Crippen molar-refractivity contribution in [3.8, 4) is 5.75 Å². The van der Waals surface area contributed by atoms with Crippen molar-refractivity contribution in [3.63, 3.8) is 0 Å². The molecular formula is C14H12ClN3O2. The number of amides is 1. The Bertz CT molecular complexity index is 602. The number of rotatable bonds is 5. The molecule has 20 heavy (non-hydrogen) atoms. The van der Waals surface area contributed by atoms with Gasteiger partial charge in [-0.25, -0.2) is 5.43 Å². The zero-order chi connectivity index (χ0) is 14.2. The van der Waals surface area contributed by atoms with E-state index in [1.54, 1.807) is 48.8 Å². The fraction of sp³-hybridized carbons (Fsp3) is 0.0714. The number of nitrogens with zero attached hydrogens (tertiary/aromatic N) is 2. The van der Waals surface area contributed by atoms with E-state index in [4.69, 9.17) is 16.3 Å². The molecule has 1 amide bonds. The summed E-state index contributed by atoms with van der Waals surface area (Å²) in [7, 11) is 0. The lowest BCUT2D eigenvalue weighted by molar-refractivity contribution is -0.123. The molecule has 0 saturated heterocycles. The Hall–Kier alpha value is -2.40. The van der Waals surface area contributed by atoms with Crippen molar-refractivity contribution in [3.05, 3.63) is 59.4 Å². The van der Waals surface area contributed by atoms with Crippen molar-refractivity contribution >= 4 is 23.7 Å². The molecule has 1 aromatic carbocycles. The minimum atomic E-state index is -0.366. The van der Waals surface area contributed by atoms with Crippen LogP contribution in [0.4, 0.5) is 0 Å². The van der Waals surface area contributed by atoms with E-state index in [-0.39, 0.29) is 12.5 Å². The number of hydrogen-bond acceptors (Lipinski definition) is 4. The van der Waals surface area contributed by atoms with Gasteiger partial charge in [0.05, 0.1) is 11.2 Å². The molecule has 0 bridgehead atoms. The molecule has 0 atom stereocenters. The van der Waals surface area contributed by atoms with Crippen LogP contribution in [-0.2, 0) is 4.79 Å². The van der Waals surface area contributed by atoms with E-state index in [0.29, 0.717) is 10.8 Å². The van der Waals surface area contributed by atoms with E-state index in [0.717, 1.165) is 5.56 Å². The number of carbonyl (C=O) groups is 1. The average molecular weight is 290 g/mol. The Morgan fingerprint density at radius 3 is 2.80 bits per heavy atom. The van der Waals surface area contributed by atoms with Gasteiger partial charge in [-0.2, -0.15) is 5.10 Å². The van der Waals surface area contributed by atoms with Crippen molar-refractivity contribution in [2.75, 3.05) is 6.61 Å². The lowest BCUT2D eigenvalue weighted by Gasteiger charge is -2.06. The van der Waals surface area contributed by atoms with Crippen molar-refractivity contribution in [2.24, 2.45) is 5.10 Å². The number of aromatic nitrogens is 1. The van der Waals surface area contributed by atoms with E-state index in [1.165, 1.54) is 6.21 Å². The molecule has 0 saturated carbocycles. The number of halogens is 1. The summed E-state index contributed by atoms with van der Waals surface area (Å²) in [5.41, 5.74) is 3.20. The van der Waals surface area contributed by atoms with Crippen molar-refractivity contribution in [2.45, 2.75) is 0 Å². The third-order valence-electron chi connectivity index (χ3n) is 2.30. The van der Waals surface area contributed by atoms with Crippen LogP contribution in [0.1, 0.15) is 5.56 Å². The van der Waals surface area contributed by atoms with Gasteiger partial charge >= 0.3 is 0 Å². The number of para-hydroxylation sites is 1. The Morgan fingerprint density at radius 2 is 2.05 bits per heavy atom. The highest BCUT2D eigenvalue weighted by molar-refractivity contribution is 6.32. The molecule has 0 aliphatic heterocycles. The molecule has 1 aromatic heterocycles. The Balaban J connectivity index is 1.79. The van der Waals surface area contributed by atoms with Crippen LogP contribution in [-0.4, -0.2) is 23.7 Å². The van der Waals surface area contributed by atoms with E-state index < -0.39 is 0 Å². The van der Waals surface area contributed by atoms with Gasteiger partial charge in [0, 0.05) is 12.4 Å². The molecule has 1 N–H and O–H groups in total. The molecule has 0 unspecified atom stereocenters. The summed E-state index contributed by atoms with van der Waals surface area (Å²) in [5, 5.41) is 4.27. The number of ether oxygens (including phenoxy) is 1. The van der Waals surface area contributed by atoms with Gasteiger partial charge in [-0.05, 0) is 29.8 Å². The maximum atomic E-state index is 11.5. The highest BCUT2D eigenvalue weighted by Gasteiger charge is 2.03. The zero-order valence-electron chi connectivity index (χ0n) is 10.5. The summed E-state index contributed by atoms with van der Waals surface area (Å²) in [6.45, 7) is -0.155. The smallest absolute Gasteiger partial charge is 0.277 e. The number of carbonyl (C=O) groups excluding carboxylic acids is 1. The highest BCUT2D eigenvalue weighted by atomic mass is 35.5. The van der Waals surface area contributed by atoms with Crippen molar-refractivity contribution in [1.82, 2.24) is 10.4 Å². The van der Waals surface area contributed by atoms with E-state index in [9.17, 15) is 4.79 Å². The van der Waals surface area contributed by atoms with Gasteiger partial charge < -0.3 is 4.74 Å². The summed E-state index contributed by atoms with van der Waals surface area (Å²) >= 11 is 5.90. The maximum absolute atomic E-state index is 11.5. The first-order valence-electron chi connectivity index (χ1n) is 5.85. The number of benzene rings is 1. The second kappa shape index (κ2) is 7.25. The first-order valence-corrected chi connectivity index (χ1v) is 6.23. The van der Waals surface area contributed by atoms with Gasteiger partial charge in [-0.3, -0.25) is 9.78 Å². The maximum Gasteiger partial charge on any atom is 0.277 e. The van der Waals surface area contributed by atoms with Crippen LogP contribution >= 0.6 is 11.6 Å². The minimum absolute atomic E-state index is 0.155. The first kappa shape index (κ1) is 14.0. The highest BCUT2D eigenvalue weighted by Crippen LogP contribution is 2.22. The predicted molar refractivity (Wildman–Crippen MR) is 76.9 cm³/mol. The SMILES string of the molecule is O=C(COc1ccccc1Cl)N/N=C/c1ccncc1. The fourth-order valence-electron chi connectivity index (χ4n) is 1.37. The van der Waals surface area contributed by atoms with Crippen LogP contribution in [0.25, 0.3) is 0 Å².